The monoisotopic (exact) mass is 535 g/mol. The SMILES string of the molecule is C=CCSc1nnc(NC(=O)CN(c2ccc(OC)cc2)S(=O)(=O)c2ccc(C)c([N+](=O)[O-])c2)s1. The van der Waals surface area contributed by atoms with Crippen LogP contribution in [0.3, 0.4) is 0 Å². The molecule has 184 valence electrons. The Balaban J connectivity index is 1.94. The number of thioether (sulfide) groups is 1. The zero-order chi connectivity index (χ0) is 25.6. The fourth-order valence-electron chi connectivity index (χ4n) is 2.88. The van der Waals surface area contributed by atoms with Crippen LogP contribution in [0.2, 0.25) is 0 Å². The minimum Gasteiger partial charge on any atom is -0.497 e. The largest absolute Gasteiger partial charge is 0.497 e. The summed E-state index contributed by atoms with van der Waals surface area (Å²) in [5.74, 6) is 0.441. The van der Waals surface area contributed by atoms with Gasteiger partial charge >= 0.3 is 0 Å². The van der Waals surface area contributed by atoms with Gasteiger partial charge in [0.1, 0.15) is 12.3 Å². The number of nitro groups is 1. The standard InChI is InChI=1S/C21H21N5O6S3/c1-4-11-33-21-24-23-20(34-21)22-19(27)13-25(15-6-8-16(32-3)9-7-15)35(30,31)17-10-5-14(2)18(12-17)26(28)29/h4-10,12H,1,11,13H2,2-3H3,(H,22,23,27). The lowest BCUT2D eigenvalue weighted by Gasteiger charge is -2.24. The van der Waals surface area contributed by atoms with E-state index < -0.39 is 27.4 Å². The van der Waals surface area contributed by atoms with Crippen molar-refractivity contribution >= 4 is 55.5 Å². The molecule has 1 heterocycles. The van der Waals surface area contributed by atoms with E-state index in [0.717, 1.165) is 21.7 Å². The lowest BCUT2D eigenvalue weighted by atomic mass is 10.2. The van der Waals surface area contributed by atoms with Crippen LogP contribution < -0.4 is 14.4 Å². The number of carbonyl (C=O) groups excluding carboxylic acids is 1. The van der Waals surface area contributed by atoms with Gasteiger partial charge in [-0.2, -0.15) is 0 Å². The second kappa shape index (κ2) is 11.3. The normalized spacial score (nSPS) is 11.0. The number of anilines is 2. The zero-order valence-corrected chi connectivity index (χ0v) is 21.2. The molecule has 0 aliphatic rings. The maximum atomic E-state index is 13.5. The summed E-state index contributed by atoms with van der Waals surface area (Å²) < 4.78 is 33.7. The molecule has 1 N–H and O–H groups in total. The Labute approximate surface area is 210 Å². The van der Waals surface area contributed by atoms with Gasteiger partial charge < -0.3 is 4.74 Å². The van der Waals surface area contributed by atoms with Crippen molar-refractivity contribution in [1.29, 1.82) is 0 Å². The Morgan fingerprint density at radius 3 is 2.63 bits per heavy atom. The number of sulfonamides is 1. The van der Waals surface area contributed by atoms with Crippen LogP contribution in [0.15, 0.2) is 64.4 Å². The number of nitrogens with zero attached hydrogens (tertiary/aromatic N) is 4. The molecule has 0 bridgehead atoms. The van der Waals surface area contributed by atoms with Crippen LogP contribution in [-0.4, -0.2) is 48.9 Å². The number of rotatable bonds is 11. The summed E-state index contributed by atoms with van der Waals surface area (Å²) >= 11 is 2.53. The highest BCUT2D eigenvalue weighted by molar-refractivity contribution is 8.01. The highest BCUT2D eigenvalue weighted by Crippen LogP contribution is 2.30. The van der Waals surface area contributed by atoms with Gasteiger partial charge in [0.05, 0.1) is 22.6 Å². The average molecular weight is 536 g/mol. The highest BCUT2D eigenvalue weighted by Gasteiger charge is 2.29. The van der Waals surface area contributed by atoms with Crippen molar-refractivity contribution < 1.29 is 22.9 Å². The molecule has 3 rings (SSSR count). The number of hydrogen-bond donors (Lipinski definition) is 1. The molecule has 35 heavy (non-hydrogen) atoms. The molecule has 0 unspecified atom stereocenters. The summed E-state index contributed by atoms with van der Waals surface area (Å²) in [6, 6.07) is 9.62. The van der Waals surface area contributed by atoms with Gasteiger partial charge in [0, 0.05) is 17.4 Å². The smallest absolute Gasteiger partial charge is 0.273 e. The molecule has 14 heteroatoms. The third kappa shape index (κ3) is 6.35. The lowest BCUT2D eigenvalue weighted by Crippen LogP contribution is -2.38. The number of nitrogens with one attached hydrogen (secondary N) is 1. The third-order valence-electron chi connectivity index (χ3n) is 4.59. The molecular formula is C21H21N5O6S3. The number of aromatic nitrogens is 2. The Hall–Kier alpha value is -3.49. The van der Waals surface area contributed by atoms with Gasteiger partial charge in [-0.05, 0) is 37.3 Å². The van der Waals surface area contributed by atoms with Gasteiger partial charge in [-0.1, -0.05) is 35.2 Å². The van der Waals surface area contributed by atoms with Crippen LogP contribution >= 0.6 is 23.1 Å². The van der Waals surface area contributed by atoms with E-state index in [4.69, 9.17) is 4.74 Å². The minimum atomic E-state index is -4.36. The number of amides is 1. The number of carbonyl (C=O) groups is 1. The van der Waals surface area contributed by atoms with Crippen molar-refractivity contribution in [2.24, 2.45) is 0 Å². The fourth-order valence-corrected chi connectivity index (χ4v) is 5.85. The van der Waals surface area contributed by atoms with Crippen LogP contribution in [-0.2, 0) is 14.8 Å². The minimum absolute atomic E-state index is 0.170. The molecule has 0 saturated carbocycles. The Kier molecular flexibility index (Phi) is 8.43. The molecule has 0 radical (unpaired) electrons. The summed E-state index contributed by atoms with van der Waals surface area (Å²) in [5, 5.41) is 22.0. The van der Waals surface area contributed by atoms with Crippen LogP contribution in [0.5, 0.6) is 5.75 Å². The van der Waals surface area contributed by atoms with Crippen LogP contribution in [0, 0.1) is 17.0 Å². The summed E-state index contributed by atoms with van der Waals surface area (Å²) in [6.45, 7) is 4.53. The molecule has 0 aliphatic carbocycles. The number of benzene rings is 2. The molecule has 2 aromatic carbocycles. The summed E-state index contributed by atoms with van der Waals surface area (Å²) in [4.78, 5) is 23.2. The average Bonchev–Trinajstić information content (AvgIpc) is 3.28. The van der Waals surface area contributed by atoms with E-state index in [1.807, 2.05) is 0 Å². The summed E-state index contributed by atoms with van der Waals surface area (Å²) in [5.41, 5.74) is 0.136. The van der Waals surface area contributed by atoms with Crippen molar-refractivity contribution in [2.45, 2.75) is 16.2 Å². The molecule has 3 aromatic rings. The second-order valence-corrected chi connectivity index (χ2v) is 11.0. The maximum absolute atomic E-state index is 13.5. The van der Waals surface area contributed by atoms with Gasteiger partial charge in [0.2, 0.25) is 11.0 Å². The van der Waals surface area contributed by atoms with Crippen molar-refractivity contribution in [3.8, 4) is 5.75 Å². The van der Waals surface area contributed by atoms with E-state index in [2.05, 4.69) is 22.1 Å². The number of ether oxygens (including phenoxy) is 1. The van der Waals surface area contributed by atoms with Gasteiger partial charge in [0.25, 0.3) is 15.7 Å². The first-order valence-corrected chi connectivity index (χ1v) is 13.2. The maximum Gasteiger partial charge on any atom is 0.273 e. The van der Waals surface area contributed by atoms with Crippen molar-refractivity contribution in [2.75, 3.05) is 29.0 Å². The number of hydrogen-bond acceptors (Lipinski definition) is 10. The Morgan fingerprint density at radius 2 is 2.00 bits per heavy atom. The highest BCUT2D eigenvalue weighted by atomic mass is 32.2. The lowest BCUT2D eigenvalue weighted by molar-refractivity contribution is -0.385. The van der Waals surface area contributed by atoms with Crippen LogP contribution in [0.1, 0.15) is 5.56 Å². The quantitative estimate of drug-likeness (QED) is 0.127. The third-order valence-corrected chi connectivity index (χ3v) is 8.33. The first kappa shape index (κ1) is 26.1. The van der Waals surface area contributed by atoms with E-state index in [9.17, 15) is 23.3 Å². The topological polar surface area (TPSA) is 145 Å². The number of aryl methyl sites for hydroxylation is 1. The van der Waals surface area contributed by atoms with Gasteiger partial charge in [-0.15, -0.1) is 16.8 Å². The zero-order valence-electron chi connectivity index (χ0n) is 18.7. The van der Waals surface area contributed by atoms with E-state index in [1.165, 1.54) is 50.1 Å². The predicted molar refractivity (Wildman–Crippen MR) is 135 cm³/mol. The van der Waals surface area contributed by atoms with Crippen LogP contribution in [0.25, 0.3) is 0 Å². The molecule has 11 nitrogen and oxygen atoms in total. The van der Waals surface area contributed by atoms with Gasteiger partial charge in [0.15, 0.2) is 4.34 Å². The number of nitro benzene ring substituents is 1. The molecule has 0 saturated heterocycles. The first-order valence-electron chi connectivity index (χ1n) is 9.94. The predicted octanol–water partition coefficient (Wildman–Crippen LogP) is 3.88. The summed E-state index contributed by atoms with van der Waals surface area (Å²) in [6.07, 6.45) is 1.71. The molecule has 0 aliphatic heterocycles. The molecule has 1 amide bonds. The van der Waals surface area contributed by atoms with Gasteiger partial charge in [-0.25, -0.2) is 8.42 Å². The Bertz CT molecular complexity index is 1340. The van der Waals surface area contributed by atoms with Crippen LogP contribution in [0.4, 0.5) is 16.5 Å². The molecule has 0 atom stereocenters. The van der Waals surface area contributed by atoms with Crippen molar-refractivity contribution in [3.05, 3.63) is 70.8 Å². The molecule has 1 aromatic heterocycles. The van der Waals surface area contributed by atoms with E-state index in [-0.39, 0.29) is 21.4 Å². The Morgan fingerprint density at radius 1 is 1.29 bits per heavy atom. The second-order valence-electron chi connectivity index (χ2n) is 6.94. The van der Waals surface area contributed by atoms with E-state index in [0.29, 0.717) is 21.4 Å². The van der Waals surface area contributed by atoms with Crippen molar-refractivity contribution in [3.63, 3.8) is 0 Å². The van der Waals surface area contributed by atoms with E-state index >= 15 is 0 Å². The van der Waals surface area contributed by atoms with Crippen molar-refractivity contribution in [1.82, 2.24) is 10.2 Å². The molecular weight excluding hydrogens is 514 g/mol. The number of methoxy groups -OCH3 is 1. The molecule has 0 spiro atoms. The fraction of sp³-hybridized carbons (Fsp3) is 0.190. The first-order chi connectivity index (χ1) is 16.6. The van der Waals surface area contributed by atoms with E-state index in [1.54, 1.807) is 18.2 Å². The van der Waals surface area contributed by atoms with Gasteiger partial charge in [-0.3, -0.25) is 24.5 Å². The summed E-state index contributed by atoms with van der Waals surface area (Å²) in [7, 11) is -2.90. The molecule has 0 fully saturated rings.